The zero-order valence-corrected chi connectivity index (χ0v) is 8.41. The van der Waals surface area contributed by atoms with Crippen LogP contribution < -0.4 is 4.18 Å². The predicted molar refractivity (Wildman–Crippen MR) is 55.3 cm³/mol. The number of carboxylic acid groups (broad SMARTS) is 1. The maximum Gasteiger partial charge on any atom is 0.446 e. The van der Waals surface area contributed by atoms with Crippen molar-refractivity contribution < 1.29 is 32.5 Å². The summed E-state index contributed by atoms with van der Waals surface area (Å²) in [5.41, 5.74) is -0.356. The number of benzene rings is 1. The highest BCUT2D eigenvalue weighted by Gasteiger charge is 2.05. The smallest absolute Gasteiger partial charge is 0.446 e. The van der Waals surface area contributed by atoms with Gasteiger partial charge in [0.25, 0.3) is 0 Å². The van der Waals surface area contributed by atoms with Gasteiger partial charge in [-0.2, -0.15) is 8.42 Å². The lowest BCUT2D eigenvalue weighted by Crippen LogP contribution is -2.06. The molecule has 16 heavy (non-hydrogen) atoms. The highest BCUT2D eigenvalue weighted by Crippen LogP contribution is 2.14. The van der Waals surface area contributed by atoms with Gasteiger partial charge in [0.2, 0.25) is 0 Å². The van der Waals surface area contributed by atoms with Crippen molar-refractivity contribution in [3.63, 3.8) is 0 Å². The molecule has 0 saturated carbocycles. The first-order chi connectivity index (χ1) is 9.04. The maximum absolute atomic E-state index is 10.6. The van der Waals surface area contributed by atoms with Crippen molar-refractivity contribution in [1.82, 2.24) is 0 Å². The fourth-order valence-electron chi connectivity index (χ4n) is 0.696. The molecule has 0 spiro atoms. The van der Waals surface area contributed by atoms with Crippen LogP contribution in [0.5, 0.6) is 5.75 Å². The normalized spacial score (nSPS) is 15.1. The molecule has 86 valence electrons. The molecule has 0 heterocycles. The summed E-state index contributed by atoms with van der Waals surface area (Å²) in [6.07, 6.45) is 1.44. The van der Waals surface area contributed by atoms with E-state index in [-0.39, 0.29) is 5.56 Å². The molecule has 2 N–H and O–H groups in total. The van der Waals surface area contributed by atoms with Crippen LogP contribution in [0.25, 0.3) is 6.08 Å². The number of rotatable bonds is 4. The van der Waals surface area contributed by atoms with Gasteiger partial charge in [0.15, 0.2) is 0 Å². The Morgan fingerprint density at radius 2 is 1.94 bits per heavy atom. The third-order valence-corrected chi connectivity index (χ3v) is 1.58. The van der Waals surface area contributed by atoms with E-state index in [1.54, 1.807) is 0 Å². The van der Waals surface area contributed by atoms with E-state index in [1.807, 2.05) is 0 Å². The SMILES string of the molecule is [2H]c1c([2H])c(OS(=O)(=O)O)c([2H])c([2H])c1/C=C/C(=O)O. The van der Waals surface area contributed by atoms with Crippen LogP contribution in [0, 0.1) is 0 Å². The number of hydrogen-bond donors (Lipinski definition) is 2. The molecule has 1 aromatic carbocycles. The summed E-state index contributed by atoms with van der Waals surface area (Å²) in [6, 6.07) is -3.15. The zero-order valence-electron chi connectivity index (χ0n) is 11.6. The molecule has 0 aliphatic heterocycles. The summed E-state index contributed by atoms with van der Waals surface area (Å²) in [5.74, 6) is -2.34. The van der Waals surface area contributed by atoms with Crippen molar-refractivity contribution in [2.45, 2.75) is 0 Å². The summed E-state index contributed by atoms with van der Waals surface area (Å²) in [5, 5.41) is 8.46. The highest BCUT2D eigenvalue weighted by molar-refractivity contribution is 7.81. The first-order valence-corrected chi connectivity index (χ1v) is 5.09. The molecule has 1 rings (SSSR count). The number of hydrogen-bond acceptors (Lipinski definition) is 4. The monoisotopic (exact) mass is 248 g/mol. The van der Waals surface area contributed by atoms with Crippen molar-refractivity contribution in [3.05, 3.63) is 35.8 Å². The van der Waals surface area contributed by atoms with Crippen LogP contribution in [0.3, 0.4) is 0 Å². The molecule has 7 heteroatoms. The van der Waals surface area contributed by atoms with E-state index in [0.29, 0.717) is 6.08 Å². The molecule has 0 aliphatic rings. The van der Waals surface area contributed by atoms with E-state index in [9.17, 15) is 13.2 Å². The molecule has 0 bridgehead atoms. The van der Waals surface area contributed by atoms with Crippen LogP contribution in [0.1, 0.15) is 11.0 Å². The molecule has 0 aliphatic carbocycles. The lowest BCUT2D eigenvalue weighted by atomic mass is 10.2. The topological polar surface area (TPSA) is 101 Å². The van der Waals surface area contributed by atoms with E-state index in [1.165, 1.54) is 0 Å². The van der Waals surface area contributed by atoms with Gasteiger partial charge >= 0.3 is 16.4 Å². The van der Waals surface area contributed by atoms with Gasteiger partial charge in [0.05, 0.1) is 5.48 Å². The van der Waals surface area contributed by atoms with Gasteiger partial charge < -0.3 is 9.29 Å². The molecule has 0 aromatic heterocycles. The average molecular weight is 248 g/mol. The lowest BCUT2D eigenvalue weighted by molar-refractivity contribution is -0.131. The van der Waals surface area contributed by atoms with Crippen molar-refractivity contribution in [2.75, 3.05) is 0 Å². The van der Waals surface area contributed by atoms with Gasteiger partial charge in [0.1, 0.15) is 5.75 Å². The molecule has 0 atom stereocenters. The predicted octanol–water partition coefficient (Wildman–Crippen LogP) is 0.966. The number of carboxylic acids is 1. The fraction of sp³-hybridized carbons (Fsp3) is 0. The van der Waals surface area contributed by atoms with E-state index in [4.69, 9.17) is 15.1 Å². The minimum absolute atomic E-state index is 0.356. The number of aliphatic carboxylic acids is 1. The summed E-state index contributed by atoms with van der Waals surface area (Å²) in [4.78, 5) is 10.4. The van der Waals surface area contributed by atoms with Crippen LogP contribution in [0.2, 0.25) is 0 Å². The summed E-state index contributed by atoms with van der Waals surface area (Å²) in [7, 11) is -5.01. The quantitative estimate of drug-likeness (QED) is 0.608. The summed E-state index contributed by atoms with van der Waals surface area (Å²) >= 11 is 0. The first kappa shape index (κ1) is 7.42. The zero-order chi connectivity index (χ0) is 15.7. The van der Waals surface area contributed by atoms with Crippen molar-refractivity contribution in [3.8, 4) is 5.75 Å². The molecule has 0 amide bonds. The van der Waals surface area contributed by atoms with Crippen molar-refractivity contribution >= 4 is 22.4 Å². The molecule has 0 unspecified atom stereocenters. The minimum atomic E-state index is -5.01. The lowest BCUT2D eigenvalue weighted by Gasteiger charge is -2.00. The van der Waals surface area contributed by atoms with Gasteiger partial charge in [-0.05, 0) is 23.7 Å². The van der Waals surface area contributed by atoms with Crippen LogP contribution in [-0.2, 0) is 15.2 Å². The van der Waals surface area contributed by atoms with Crippen LogP contribution in [0.15, 0.2) is 30.2 Å². The second kappa shape index (κ2) is 4.77. The van der Waals surface area contributed by atoms with Crippen LogP contribution in [0.4, 0.5) is 0 Å². The second-order valence-electron chi connectivity index (χ2n) is 2.43. The Morgan fingerprint density at radius 3 is 2.38 bits per heavy atom. The van der Waals surface area contributed by atoms with E-state index in [0.717, 1.165) is 6.08 Å². The molecular formula is C9H8O6S. The van der Waals surface area contributed by atoms with Crippen LogP contribution >= 0.6 is 0 Å². The minimum Gasteiger partial charge on any atom is -0.478 e. The largest absolute Gasteiger partial charge is 0.478 e. The fourth-order valence-corrected chi connectivity index (χ4v) is 0.990. The molecule has 0 radical (unpaired) electrons. The van der Waals surface area contributed by atoms with E-state index < -0.39 is 46.3 Å². The van der Waals surface area contributed by atoms with Gasteiger partial charge in [-0.3, -0.25) is 4.55 Å². The molecule has 0 saturated heterocycles. The van der Waals surface area contributed by atoms with Gasteiger partial charge in [-0.1, -0.05) is 12.1 Å². The Hall–Kier alpha value is -1.86. The Kier molecular flexibility index (Phi) is 2.21. The van der Waals surface area contributed by atoms with Crippen molar-refractivity contribution in [2.24, 2.45) is 0 Å². The van der Waals surface area contributed by atoms with Crippen molar-refractivity contribution in [1.29, 1.82) is 0 Å². The number of carbonyl (C=O) groups is 1. The molecule has 6 nitrogen and oxygen atoms in total. The summed E-state index contributed by atoms with van der Waals surface area (Å²) < 4.78 is 63.7. The van der Waals surface area contributed by atoms with E-state index >= 15 is 0 Å². The Morgan fingerprint density at radius 1 is 1.38 bits per heavy atom. The molecular weight excluding hydrogens is 236 g/mol. The Bertz CT molecular complexity index is 668. The van der Waals surface area contributed by atoms with Gasteiger partial charge in [-0.15, -0.1) is 0 Å². The first-order valence-electron chi connectivity index (χ1n) is 5.73. The average Bonchev–Trinajstić information content (AvgIpc) is 2.30. The van der Waals surface area contributed by atoms with Gasteiger partial charge in [-0.25, -0.2) is 4.79 Å². The van der Waals surface area contributed by atoms with E-state index in [2.05, 4.69) is 4.18 Å². The highest BCUT2D eigenvalue weighted by atomic mass is 32.3. The third-order valence-electron chi connectivity index (χ3n) is 1.20. The standard InChI is InChI=1S/C9H8O6S/c10-9(11)6-3-7-1-4-8(5-2-7)15-16(12,13)14/h1-6H,(H,10,11)(H,12,13,14)/b6-3+/i1D,2D,4D,5D. The maximum atomic E-state index is 10.6. The third kappa shape index (κ3) is 4.58. The summed E-state index contributed by atoms with van der Waals surface area (Å²) in [6.45, 7) is 0. The molecule has 1 aromatic rings. The van der Waals surface area contributed by atoms with Crippen LogP contribution in [-0.4, -0.2) is 24.0 Å². The van der Waals surface area contributed by atoms with Gasteiger partial charge in [0, 0.05) is 6.08 Å². The Balaban J connectivity index is 3.53. The molecule has 0 fully saturated rings. The second-order valence-corrected chi connectivity index (χ2v) is 3.45. The Labute approximate surface area is 97.4 Å².